The summed E-state index contributed by atoms with van der Waals surface area (Å²) in [7, 11) is 0. The second-order valence-corrected chi connectivity index (χ2v) is 6.49. The minimum Gasteiger partial charge on any atom is -0.352 e. The fourth-order valence-electron chi connectivity index (χ4n) is 2.72. The van der Waals surface area contributed by atoms with E-state index in [1.807, 2.05) is 18.5 Å². The van der Waals surface area contributed by atoms with Crippen LogP contribution in [-0.4, -0.2) is 23.0 Å². The van der Waals surface area contributed by atoms with Crippen LogP contribution in [0.3, 0.4) is 0 Å². The van der Waals surface area contributed by atoms with Crippen LogP contribution >= 0.6 is 11.3 Å². The van der Waals surface area contributed by atoms with Crippen LogP contribution in [0.2, 0.25) is 0 Å². The Morgan fingerprint density at radius 3 is 2.80 bits per heavy atom. The molecule has 0 aromatic carbocycles. The molecule has 4 nitrogen and oxygen atoms in total. The van der Waals surface area contributed by atoms with E-state index in [0.717, 1.165) is 24.3 Å². The molecule has 0 aliphatic heterocycles. The Labute approximate surface area is 125 Å². The summed E-state index contributed by atoms with van der Waals surface area (Å²) in [5.74, 6) is 0.118. The summed E-state index contributed by atoms with van der Waals surface area (Å²) in [4.78, 5) is 16.6. The summed E-state index contributed by atoms with van der Waals surface area (Å²) in [5.41, 5.74) is 0. The van der Waals surface area contributed by atoms with Crippen LogP contribution in [0.5, 0.6) is 0 Å². The molecule has 1 aromatic heterocycles. The average molecular weight is 295 g/mol. The molecule has 0 radical (unpaired) electrons. The van der Waals surface area contributed by atoms with Crippen molar-refractivity contribution in [2.24, 2.45) is 0 Å². The van der Waals surface area contributed by atoms with Gasteiger partial charge in [0.25, 0.3) is 0 Å². The number of rotatable bonds is 6. The van der Waals surface area contributed by atoms with Gasteiger partial charge in [-0.2, -0.15) is 0 Å². The van der Waals surface area contributed by atoms with Crippen LogP contribution in [0.25, 0.3) is 0 Å². The lowest BCUT2D eigenvalue weighted by Gasteiger charge is -2.26. The van der Waals surface area contributed by atoms with E-state index in [2.05, 4.69) is 22.5 Å². The fourth-order valence-corrected chi connectivity index (χ4v) is 3.50. The Kier molecular flexibility index (Phi) is 5.98. The standard InChI is InChI=1S/C15H25N3OS/c1-3-13(15-16-9-10-20-15)17-11(2)14(19)18-12-7-5-4-6-8-12/h9-13,17H,3-8H2,1-2H3,(H,18,19). The quantitative estimate of drug-likeness (QED) is 0.848. The molecule has 112 valence electrons. The maximum absolute atomic E-state index is 12.2. The summed E-state index contributed by atoms with van der Waals surface area (Å²) in [6, 6.07) is 0.369. The molecule has 1 aliphatic rings. The van der Waals surface area contributed by atoms with Crippen LogP contribution in [-0.2, 0) is 4.79 Å². The number of hydrogen-bond donors (Lipinski definition) is 2. The van der Waals surface area contributed by atoms with Gasteiger partial charge in [0.1, 0.15) is 5.01 Å². The molecule has 1 aliphatic carbocycles. The molecular formula is C15H25N3OS. The SMILES string of the molecule is CCC(NC(C)C(=O)NC1CCCCC1)c1nccs1. The molecule has 2 rings (SSSR count). The van der Waals surface area contributed by atoms with Gasteiger partial charge in [0, 0.05) is 17.6 Å². The van der Waals surface area contributed by atoms with Crippen LogP contribution in [0.4, 0.5) is 0 Å². The van der Waals surface area contributed by atoms with E-state index in [1.54, 1.807) is 11.3 Å². The van der Waals surface area contributed by atoms with Gasteiger partial charge in [0.05, 0.1) is 12.1 Å². The number of thiazole rings is 1. The molecule has 0 spiro atoms. The topological polar surface area (TPSA) is 54.0 Å². The average Bonchev–Trinajstić information content (AvgIpc) is 2.99. The van der Waals surface area contributed by atoms with E-state index in [-0.39, 0.29) is 18.0 Å². The summed E-state index contributed by atoms with van der Waals surface area (Å²) < 4.78 is 0. The maximum Gasteiger partial charge on any atom is 0.237 e. The lowest BCUT2D eigenvalue weighted by molar-refractivity contribution is -0.123. The molecule has 0 bridgehead atoms. The Bertz CT molecular complexity index is 401. The normalized spacial score (nSPS) is 19.5. The molecule has 20 heavy (non-hydrogen) atoms. The van der Waals surface area contributed by atoms with Crippen molar-refractivity contribution in [1.29, 1.82) is 0 Å². The van der Waals surface area contributed by atoms with E-state index in [1.165, 1.54) is 19.3 Å². The molecular weight excluding hydrogens is 270 g/mol. The van der Waals surface area contributed by atoms with Crippen molar-refractivity contribution < 1.29 is 4.79 Å². The molecule has 1 aromatic rings. The molecule has 2 atom stereocenters. The van der Waals surface area contributed by atoms with Crippen LogP contribution in [0.15, 0.2) is 11.6 Å². The first-order chi connectivity index (χ1) is 9.70. The zero-order valence-electron chi connectivity index (χ0n) is 12.4. The van der Waals surface area contributed by atoms with E-state index in [0.29, 0.717) is 6.04 Å². The first-order valence-corrected chi connectivity index (χ1v) is 8.54. The summed E-state index contributed by atoms with van der Waals surface area (Å²) >= 11 is 1.64. The largest absolute Gasteiger partial charge is 0.352 e. The Morgan fingerprint density at radius 1 is 1.45 bits per heavy atom. The zero-order chi connectivity index (χ0) is 14.4. The number of aromatic nitrogens is 1. The van der Waals surface area contributed by atoms with Crippen molar-refractivity contribution >= 4 is 17.2 Å². The van der Waals surface area contributed by atoms with E-state index in [9.17, 15) is 4.79 Å². The van der Waals surface area contributed by atoms with Crippen LogP contribution in [0.1, 0.15) is 63.4 Å². The number of nitrogens with zero attached hydrogens (tertiary/aromatic N) is 1. The summed E-state index contributed by atoms with van der Waals surface area (Å²) in [5, 5.41) is 9.61. The third-order valence-corrected chi connectivity index (χ3v) is 4.84. The Hall–Kier alpha value is -0.940. The van der Waals surface area contributed by atoms with E-state index >= 15 is 0 Å². The minimum atomic E-state index is -0.175. The molecule has 1 amide bonds. The highest BCUT2D eigenvalue weighted by molar-refractivity contribution is 7.09. The number of carbonyl (C=O) groups excluding carboxylic acids is 1. The van der Waals surface area contributed by atoms with Crippen molar-refractivity contribution in [2.75, 3.05) is 0 Å². The van der Waals surface area contributed by atoms with E-state index < -0.39 is 0 Å². The summed E-state index contributed by atoms with van der Waals surface area (Å²) in [6.07, 6.45) is 8.80. The molecule has 0 saturated heterocycles. The van der Waals surface area contributed by atoms with Crippen molar-refractivity contribution in [3.8, 4) is 0 Å². The third-order valence-electron chi connectivity index (χ3n) is 3.95. The second kappa shape index (κ2) is 7.74. The highest BCUT2D eigenvalue weighted by Crippen LogP contribution is 2.20. The molecule has 2 N–H and O–H groups in total. The summed E-state index contributed by atoms with van der Waals surface area (Å²) in [6.45, 7) is 4.05. The van der Waals surface area contributed by atoms with E-state index in [4.69, 9.17) is 0 Å². The van der Waals surface area contributed by atoms with Gasteiger partial charge in [-0.05, 0) is 26.2 Å². The number of amides is 1. The van der Waals surface area contributed by atoms with Crippen molar-refractivity contribution in [1.82, 2.24) is 15.6 Å². The van der Waals surface area contributed by atoms with Gasteiger partial charge in [-0.15, -0.1) is 11.3 Å². The van der Waals surface area contributed by atoms with Gasteiger partial charge in [-0.3, -0.25) is 10.1 Å². The maximum atomic E-state index is 12.2. The van der Waals surface area contributed by atoms with Crippen LogP contribution in [0, 0.1) is 0 Å². The van der Waals surface area contributed by atoms with Crippen LogP contribution < -0.4 is 10.6 Å². The number of carbonyl (C=O) groups is 1. The van der Waals surface area contributed by atoms with Gasteiger partial charge in [0.2, 0.25) is 5.91 Å². The Morgan fingerprint density at radius 2 is 2.20 bits per heavy atom. The van der Waals surface area contributed by atoms with Crippen molar-refractivity contribution in [3.05, 3.63) is 16.6 Å². The minimum absolute atomic E-state index is 0.118. The predicted molar refractivity (Wildman–Crippen MR) is 82.8 cm³/mol. The first-order valence-electron chi connectivity index (χ1n) is 7.66. The van der Waals surface area contributed by atoms with Gasteiger partial charge in [-0.1, -0.05) is 26.2 Å². The molecule has 2 unspecified atom stereocenters. The Balaban J connectivity index is 1.83. The molecule has 1 fully saturated rings. The lowest BCUT2D eigenvalue weighted by Crippen LogP contribution is -2.47. The lowest BCUT2D eigenvalue weighted by atomic mass is 9.95. The van der Waals surface area contributed by atoms with Crippen molar-refractivity contribution in [2.45, 2.75) is 70.5 Å². The second-order valence-electron chi connectivity index (χ2n) is 5.56. The van der Waals surface area contributed by atoms with Gasteiger partial charge in [0.15, 0.2) is 0 Å². The fraction of sp³-hybridized carbons (Fsp3) is 0.733. The molecule has 1 heterocycles. The first kappa shape index (κ1) is 15.4. The zero-order valence-corrected chi connectivity index (χ0v) is 13.2. The highest BCUT2D eigenvalue weighted by Gasteiger charge is 2.22. The van der Waals surface area contributed by atoms with Crippen molar-refractivity contribution in [3.63, 3.8) is 0 Å². The van der Waals surface area contributed by atoms with Gasteiger partial charge >= 0.3 is 0 Å². The van der Waals surface area contributed by atoms with Gasteiger partial charge in [-0.25, -0.2) is 4.98 Å². The molecule has 5 heteroatoms. The molecule has 1 saturated carbocycles. The monoisotopic (exact) mass is 295 g/mol. The number of nitrogens with one attached hydrogen (secondary N) is 2. The third kappa shape index (κ3) is 4.28. The highest BCUT2D eigenvalue weighted by atomic mass is 32.1. The smallest absolute Gasteiger partial charge is 0.237 e. The number of hydrogen-bond acceptors (Lipinski definition) is 4. The predicted octanol–water partition coefficient (Wildman–Crippen LogP) is 3.02. The van der Waals surface area contributed by atoms with Gasteiger partial charge < -0.3 is 5.32 Å².